The number of carboxylic acids is 1. The Bertz CT molecular complexity index is 915. The molecule has 3 rings (SSSR count). The minimum absolute atomic E-state index is 0.142. The highest BCUT2D eigenvalue weighted by Gasteiger charge is 2.09. The van der Waals surface area contributed by atoms with Crippen molar-refractivity contribution in [3.63, 3.8) is 0 Å². The van der Waals surface area contributed by atoms with Crippen molar-refractivity contribution in [3.8, 4) is 11.1 Å². The van der Waals surface area contributed by atoms with Crippen LogP contribution in [0.1, 0.15) is 10.4 Å². The van der Waals surface area contributed by atoms with Gasteiger partial charge in [-0.25, -0.2) is 4.79 Å². The first-order valence-electron chi connectivity index (χ1n) is 6.21. The Labute approximate surface area is 124 Å². The van der Waals surface area contributed by atoms with Gasteiger partial charge in [-0.1, -0.05) is 29.8 Å². The van der Waals surface area contributed by atoms with Crippen LogP contribution >= 0.6 is 11.6 Å². The second kappa shape index (κ2) is 5.07. The third-order valence-electron chi connectivity index (χ3n) is 3.23. The second-order valence-corrected chi connectivity index (χ2v) is 5.07. The molecule has 0 aliphatic carbocycles. The number of hydrogen-bond donors (Lipinski definition) is 2. The number of hydrogen-bond acceptors (Lipinski definition) is 2. The highest BCUT2D eigenvalue weighted by atomic mass is 35.5. The first-order valence-corrected chi connectivity index (χ1v) is 6.59. The Morgan fingerprint density at radius 3 is 2.67 bits per heavy atom. The lowest BCUT2D eigenvalue weighted by Gasteiger charge is -2.05. The SMILES string of the molecule is O=C(O)c1cccc(-c2cc3ccc(Cl)cc3[nH]c2=O)c1. The lowest BCUT2D eigenvalue weighted by atomic mass is 10.0. The maximum atomic E-state index is 12.2. The first-order chi connectivity index (χ1) is 10.0. The van der Waals surface area contributed by atoms with Gasteiger partial charge in [0.2, 0.25) is 0 Å². The van der Waals surface area contributed by atoms with Crippen molar-refractivity contribution in [1.29, 1.82) is 0 Å². The van der Waals surface area contributed by atoms with E-state index in [1.165, 1.54) is 12.1 Å². The summed E-state index contributed by atoms with van der Waals surface area (Å²) in [6.07, 6.45) is 0. The van der Waals surface area contributed by atoms with Crippen molar-refractivity contribution in [1.82, 2.24) is 4.98 Å². The van der Waals surface area contributed by atoms with Gasteiger partial charge in [0.1, 0.15) is 0 Å². The van der Waals surface area contributed by atoms with E-state index in [1.54, 1.807) is 36.4 Å². The monoisotopic (exact) mass is 299 g/mol. The topological polar surface area (TPSA) is 70.2 Å². The Morgan fingerprint density at radius 1 is 1.10 bits per heavy atom. The van der Waals surface area contributed by atoms with Crippen molar-refractivity contribution in [2.24, 2.45) is 0 Å². The summed E-state index contributed by atoms with van der Waals surface area (Å²) in [5.74, 6) is -1.03. The smallest absolute Gasteiger partial charge is 0.335 e. The molecule has 21 heavy (non-hydrogen) atoms. The summed E-state index contributed by atoms with van der Waals surface area (Å²) in [5, 5.41) is 10.4. The van der Waals surface area contributed by atoms with Gasteiger partial charge in [-0.05, 0) is 41.3 Å². The molecule has 0 aliphatic rings. The van der Waals surface area contributed by atoms with Crippen molar-refractivity contribution in [2.45, 2.75) is 0 Å². The number of pyridine rings is 1. The summed E-state index contributed by atoms with van der Waals surface area (Å²) < 4.78 is 0. The van der Waals surface area contributed by atoms with E-state index in [0.29, 0.717) is 21.7 Å². The van der Waals surface area contributed by atoms with Crippen LogP contribution in [-0.2, 0) is 0 Å². The molecule has 0 fully saturated rings. The van der Waals surface area contributed by atoms with Gasteiger partial charge in [0.05, 0.1) is 5.56 Å². The fourth-order valence-electron chi connectivity index (χ4n) is 2.21. The van der Waals surface area contributed by atoms with Gasteiger partial charge in [0.15, 0.2) is 0 Å². The number of fused-ring (bicyclic) bond motifs is 1. The standard InChI is InChI=1S/C16H10ClNO3/c17-12-5-4-10-7-13(15(19)18-14(10)8-12)9-2-1-3-11(6-9)16(20)21/h1-8H,(H,18,19)(H,20,21). The van der Waals surface area contributed by atoms with Gasteiger partial charge in [-0.3, -0.25) is 4.79 Å². The molecule has 0 atom stereocenters. The van der Waals surface area contributed by atoms with Crippen LogP contribution in [0.15, 0.2) is 53.3 Å². The molecule has 1 aromatic heterocycles. The Morgan fingerprint density at radius 2 is 1.90 bits per heavy atom. The zero-order valence-electron chi connectivity index (χ0n) is 10.8. The third kappa shape index (κ3) is 2.53. The van der Waals surface area contributed by atoms with Crippen LogP contribution in [0.3, 0.4) is 0 Å². The minimum Gasteiger partial charge on any atom is -0.478 e. The van der Waals surface area contributed by atoms with Gasteiger partial charge in [0, 0.05) is 16.1 Å². The van der Waals surface area contributed by atoms with Crippen molar-refractivity contribution in [2.75, 3.05) is 0 Å². The van der Waals surface area contributed by atoms with Crippen molar-refractivity contribution >= 4 is 28.5 Å². The first kappa shape index (κ1) is 13.4. The molecule has 0 bridgehead atoms. The molecule has 0 unspecified atom stereocenters. The van der Waals surface area contributed by atoms with E-state index in [1.807, 2.05) is 0 Å². The number of aromatic nitrogens is 1. The van der Waals surface area contributed by atoms with E-state index in [2.05, 4.69) is 4.98 Å². The molecule has 1 heterocycles. The molecule has 0 amide bonds. The summed E-state index contributed by atoms with van der Waals surface area (Å²) >= 11 is 5.90. The van der Waals surface area contributed by atoms with Gasteiger partial charge < -0.3 is 10.1 Å². The van der Waals surface area contributed by atoms with Gasteiger partial charge >= 0.3 is 5.97 Å². The number of rotatable bonds is 2. The predicted molar refractivity (Wildman–Crippen MR) is 82.0 cm³/mol. The fraction of sp³-hybridized carbons (Fsp3) is 0. The number of aromatic carboxylic acids is 1. The lowest BCUT2D eigenvalue weighted by Crippen LogP contribution is -2.09. The summed E-state index contributed by atoms with van der Waals surface area (Å²) in [6.45, 7) is 0. The molecule has 3 aromatic rings. The molecule has 0 aliphatic heterocycles. The van der Waals surface area contributed by atoms with Crippen LogP contribution in [-0.4, -0.2) is 16.1 Å². The zero-order valence-corrected chi connectivity index (χ0v) is 11.5. The maximum Gasteiger partial charge on any atom is 0.335 e. The normalized spacial score (nSPS) is 10.7. The number of benzene rings is 2. The van der Waals surface area contributed by atoms with E-state index in [9.17, 15) is 9.59 Å². The van der Waals surface area contributed by atoms with Crippen LogP contribution in [0.4, 0.5) is 0 Å². The number of carbonyl (C=O) groups is 1. The number of H-pyrrole nitrogens is 1. The second-order valence-electron chi connectivity index (χ2n) is 4.63. The fourth-order valence-corrected chi connectivity index (χ4v) is 2.38. The highest BCUT2D eigenvalue weighted by Crippen LogP contribution is 2.22. The number of nitrogens with one attached hydrogen (secondary N) is 1. The maximum absolute atomic E-state index is 12.2. The summed E-state index contributed by atoms with van der Waals surface area (Å²) in [5.41, 5.74) is 1.49. The molecule has 0 radical (unpaired) electrons. The van der Waals surface area contributed by atoms with Crippen molar-refractivity contribution in [3.05, 3.63) is 69.5 Å². The lowest BCUT2D eigenvalue weighted by molar-refractivity contribution is 0.0697. The molecule has 0 saturated heterocycles. The number of carboxylic acid groups (broad SMARTS) is 1. The quantitative estimate of drug-likeness (QED) is 0.760. The average Bonchev–Trinajstić information content (AvgIpc) is 2.46. The van der Waals surface area contributed by atoms with E-state index >= 15 is 0 Å². The van der Waals surface area contributed by atoms with Crippen LogP contribution in [0.25, 0.3) is 22.0 Å². The Balaban J connectivity index is 2.23. The summed E-state index contributed by atoms with van der Waals surface area (Å²) in [7, 11) is 0. The molecule has 2 N–H and O–H groups in total. The van der Waals surface area contributed by atoms with Crippen LogP contribution < -0.4 is 5.56 Å². The van der Waals surface area contributed by atoms with Crippen LogP contribution in [0, 0.1) is 0 Å². The van der Waals surface area contributed by atoms with Gasteiger partial charge in [-0.15, -0.1) is 0 Å². The molecule has 0 saturated carbocycles. The largest absolute Gasteiger partial charge is 0.478 e. The predicted octanol–water partition coefficient (Wildman–Crippen LogP) is 3.55. The van der Waals surface area contributed by atoms with Gasteiger partial charge in [0.25, 0.3) is 5.56 Å². The molecule has 2 aromatic carbocycles. The van der Waals surface area contributed by atoms with E-state index < -0.39 is 5.97 Å². The molecule has 104 valence electrons. The van der Waals surface area contributed by atoms with Gasteiger partial charge in [-0.2, -0.15) is 0 Å². The minimum atomic E-state index is -1.03. The van der Waals surface area contributed by atoms with Crippen LogP contribution in [0.2, 0.25) is 5.02 Å². The summed E-state index contributed by atoms with van der Waals surface area (Å²) in [6, 6.07) is 13.2. The van der Waals surface area contributed by atoms with Crippen LogP contribution in [0.5, 0.6) is 0 Å². The zero-order chi connectivity index (χ0) is 15.0. The Kier molecular flexibility index (Phi) is 3.23. The van der Waals surface area contributed by atoms with E-state index in [4.69, 9.17) is 16.7 Å². The highest BCUT2D eigenvalue weighted by molar-refractivity contribution is 6.31. The summed E-state index contributed by atoms with van der Waals surface area (Å²) in [4.78, 5) is 26.0. The van der Waals surface area contributed by atoms with Crippen molar-refractivity contribution < 1.29 is 9.90 Å². The Hall–Kier alpha value is -2.59. The van der Waals surface area contributed by atoms with E-state index in [-0.39, 0.29) is 11.1 Å². The number of halogens is 1. The molecule has 4 nitrogen and oxygen atoms in total. The molecule has 5 heteroatoms. The third-order valence-corrected chi connectivity index (χ3v) is 3.46. The average molecular weight is 300 g/mol. The molecular formula is C16H10ClNO3. The molecule has 0 spiro atoms. The van der Waals surface area contributed by atoms with E-state index in [0.717, 1.165) is 5.39 Å². The number of aromatic amines is 1. The molecular weight excluding hydrogens is 290 g/mol.